The van der Waals surface area contributed by atoms with E-state index in [0.717, 1.165) is 38.9 Å². The van der Waals surface area contributed by atoms with Gasteiger partial charge in [-0.05, 0) is 71.1 Å². The largest absolute Gasteiger partial charge is 0.493 e. The second-order valence-electron chi connectivity index (χ2n) is 11.5. The Kier molecular flexibility index (Phi) is 10.5. The number of ether oxygens (including phenoxy) is 2. The summed E-state index contributed by atoms with van der Waals surface area (Å²) in [7, 11) is 0. The lowest BCUT2D eigenvalue weighted by Crippen LogP contribution is -2.17. The minimum Gasteiger partial charge on any atom is -0.493 e. The van der Waals surface area contributed by atoms with Crippen LogP contribution in [0, 0.1) is 11.6 Å². The Morgan fingerprint density at radius 2 is 1.40 bits per heavy atom. The molecule has 6 aromatic rings. The molecule has 0 atom stereocenters. The molecule has 48 heavy (non-hydrogen) atoms. The predicted octanol–water partition coefficient (Wildman–Crippen LogP) is 9.57. The van der Waals surface area contributed by atoms with Gasteiger partial charge < -0.3 is 19.1 Å². The second-order valence-corrected chi connectivity index (χ2v) is 11.9. The van der Waals surface area contributed by atoms with Crippen molar-refractivity contribution in [1.29, 1.82) is 0 Å². The summed E-state index contributed by atoms with van der Waals surface area (Å²) in [6.07, 6.45) is 1.00. The maximum Gasteiger partial charge on any atom is 0.303 e. The molecule has 0 fully saturated rings. The standard InChI is InChI=1S/C40H34ClF2NO4/c41-30-17-20-37-33(24-30)32(22-23-48-31-18-14-27(15-19-31)16-21-39(45)46)38(26-47-25-34-35(42)12-7-13-36(34)43)44(37)40(28-8-3-1-4-9-28)29-10-5-2-6-11-29/h1-15,17-20,24,40H,16,21-23,25-26H2,(H,45,46). The van der Waals surface area contributed by atoms with Crippen LogP contribution in [0.2, 0.25) is 5.02 Å². The van der Waals surface area contributed by atoms with Crippen LogP contribution in [0.1, 0.15) is 46.0 Å². The van der Waals surface area contributed by atoms with Gasteiger partial charge in [-0.3, -0.25) is 4.79 Å². The van der Waals surface area contributed by atoms with Crippen molar-refractivity contribution in [2.45, 2.75) is 38.5 Å². The Hall–Kier alpha value is -4.98. The van der Waals surface area contributed by atoms with E-state index in [0.29, 0.717) is 30.2 Å². The highest BCUT2D eigenvalue weighted by Crippen LogP contribution is 2.38. The quantitative estimate of drug-likeness (QED) is 0.126. The normalized spacial score (nSPS) is 11.3. The first-order valence-electron chi connectivity index (χ1n) is 15.7. The molecule has 0 unspecified atom stereocenters. The molecule has 0 saturated carbocycles. The lowest BCUT2D eigenvalue weighted by atomic mass is 9.98. The van der Waals surface area contributed by atoms with Crippen LogP contribution in [0.25, 0.3) is 10.9 Å². The van der Waals surface area contributed by atoms with Gasteiger partial charge in [-0.2, -0.15) is 0 Å². The zero-order valence-electron chi connectivity index (χ0n) is 26.1. The Bertz CT molecular complexity index is 1940. The smallest absolute Gasteiger partial charge is 0.303 e. The summed E-state index contributed by atoms with van der Waals surface area (Å²) < 4.78 is 43.7. The third-order valence-corrected chi connectivity index (χ3v) is 8.62. The molecule has 1 heterocycles. The lowest BCUT2D eigenvalue weighted by Gasteiger charge is -2.25. The molecule has 0 radical (unpaired) electrons. The van der Waals surface area contributed by atoms with Crippen LogP contribution in [0.4, 0.5) is 8.78 Å². The van der Waals surface area contributed by atoms with E-state index >= 15 is 0 Å². The van der Waals surface area contributed by atoms with Crippen molar-refractivity contribution in [2.75, 3.05) is 6.61 Å². The minimum atomic E-state index is -0.838. The number of hydrogen-bond acceptors (Lipinski definition) is 3. The van der Waals surface area contributed by atoms with Crippen LogP contribution in [-0.4, -0.2) is 22.2 Å². The molecule has 5 aromatic carbocycles. The number of aromatic nitrogens is 1. The molecule has 6 rings (SSSR count). The Labute approximate surface area is 282 Å². The van der Waals surface area contributed by atoms with Gasteiger partial charge in [0.05, 0.1) is 25.9 Å². The number of carbonyl (C=O) groups is 1. The molecule has 1 N–H and O–H groups in total. The zero-order chi connectivity index (χ0) is 33.5. The first kappa shape index (κ1) is 32.9. The number of hydrogen-bond donors (Lipinski definition) is 1. The Morgan fingerprint density at radius 1 is 0.750 bits per heavy atom. The fraction of sp³-hybridized carbons (Fsp3) is 0.175. The molecule has 8 heteroatoms. The molecule has 0 aliphatic rings. The lowest BCUT2D eigenvalue weighted by molar-refractivity contribution is -0.136. The van der Waals surface area contributed by atoms with Crippen LogP contribution in [0.3, 0.4) is 0 Å². The van der Waals surface area contributed by atoms with E-state index in [4.69, 9.17) is 26.2 Å². The number of carboxylic acid groups (broad SMARTS) is 1. The molecular formula is C40H34ClF2NO4. The summed E-state index contributed by atoms with van der Waals surface area (Å²) in [5.41, 5.74) is 5.64. The molecule has 0 aliphatic carbocycles. The number of halogens is 3. The van der Waals surface area contributed by atoms with Crippen molar-refractivity contribution in [3.8, 4) is 5.75 Å². The van der Waals surface area contributed by atoms with Crippen molar-refractivity contribution in [2.24, 2.45) is 0 Å². The molecule has 0 aliphatic heterocycles. The number of aliphatic carboxylic acids is 1. The van der Waals surface area contributed by atoms with E-state index in [9.17, 15) is 13.6 Å². The first-order chi connectivity index (χ1) is 23.4. The summed E-state index contributed by atoms with van der Waals surface area (Å²) >= 11 is 6.58. The predicted molar refractivity (Wildman–Crippen MR) is 184 cm³/mol. The highest BCUT2D eigenvalue weighted by molar-refractivity contribution is 6.31. The number of benzene rings is 5. The summed E-state index contributed by atoms with van der Waals surface area (Å²) in [5.74, 6) is -1.49. The number of carboxylic acids is 1. The van der Waals surface area contributed by atoms with Gasteiger partial charge >= 0.3 is 5.97 Å². The molecule has 0 spiro atoms. The van der Waals surface area contributed by atoms with Gasteiger partial charge in [0.1, 0.15) is 17.4 Å². The van der Waals surface area contributed by atoms with E-state index in [2.05, 4.69) is 28.8 Å². The molecule has 1 aromatic heterocycles. The van der Waals surface area contributed by atoms with E-state index in [1.807, 2.05) is 78.9 Å². The molecular weight excluding hydrogens is 632 g/mol. The summed E-state index contributed by atoms with van der Waals surface area (Å²) in [6.45, 7) is 0.159. The van der Waals surface area contributed by atoms with Crippen LogP contribution in [0.15, 0.2) is 121 Å². The highest BCUT2D eigenvalue weighted by atomic mass is 35.5. The third-order valence-electron chi connectivity index (χ3n) is 8.39. The van der Waals surface area contributed by atoms with Crippen molar-refractivity contribution in [3.05, 3.63) is 171 Å². The molecule has 0 saturated heterocycles. The third kappa shape index (κ3) is 7.59. The van der Waals surface area contributed by atoms with Crippen LogP contribution in [-0.2, 0) is 35.6 Å². The van der Waals surface area contributed by atoms with Crippen molar-refractivity contribution < 1.29 is 28.2 Å². The number of nitrogens with zero attached hydrogens (tertiary/aromatic N) is 1. The minimum absolute atomic E-state index is 0.0637. The maximum atomic E-state index is 14.6. The monoisotopic (exact) mass is 665 g/mol. The van der Waals surface area contributed by atoms with Gasteiger partial charge in [0.15, 0.2) is 0 Å². The van der Waals surface area contributed by atoms with E-state index < -0.39 is 17.6 Å². The fourth-order valence-electron chi connectivity index (χ4n) is 6.09. The van der Waals surface area contributed by atoms with Gasteiger partial charge in [0.25, 0.3) is 0 Å². The highest BCUT2D eigenvalue weighted by Gasteiger charge is 2.26. The molecule has 0 bridgehead atoms. The average Bonchev–Trinajstić information content (AvgIpc) is 3.38. The first-order valence-corrected chi connectivity index (χ1v) is 16.1. The van der Waals surface area contributed by atoms with Crippen LogP contribution < -0.4 is 4.74 Å². The molecule has 5 nitrogen and oxygen atoms in total. The summed E-state index contributed by atoms with van der Waals surface area (Å²) in [4.78, 5) is 11.0. The second kappa shape index (κ2) is 15.3. The average molecular weight is 666 g/mol. The van der Waals surface area contributed by atoms with Crippen molar-refractivity contribution in [1.82, 2.24) is 4.57 Å². The zero-order valence-corrected chi connectivity index (χ0v) is 26.9. The number of fused-ring (bicyclic) bond motifs is 1. The topological polar surface area (TPSA) is 60.7 Å². The van der Waals surface area contributed by atoms with Gasteiger partial charge in [-0.25, -0.2) is 8.78 Å². The Balaban J connectivity index is 1.40. The van der Waals surface area contributed by atoms with Crippen molar-refractivity contribution >= 4 is 28.5 Å². The molecule has 0 amide bonds. The maximum absolute atomic E-state index is 14.6. The van der Waals surface area contributed by atoms with Gasteiger partial charge in [0.2, 0.25) is 0 Å². The van der Waals surface area contributed by atoms with Gasteiger partial charge in [-0.1, -0.05) is 90.5 Å². The van der Waals surface area contributed by atoms with E-state index in [1.165, 1.54) is 18.2 Å². The number of rotatable bonds is 14. The SMILES string of the molecule is O=C(O)CCc1ccc(OCCc2c(COCc3c(F)cccc3F)n(C(c3ccccc3)c3ccccc3)c3ccc(Cl)cc23)cc1. The molecule has 244 valence electrons. The number of aryl methyl sites for hydroxylation is 1. The summed E-state index contributed by atoms with van der Waals surface area (Å²) in [6, 6.07) is 37.1. The van der Waals surface area contributed by atoms with Crippen LogP contribution in [0.5, 0.6) is 5.75 Å². The van der Waals surface area contributed by atoms with Crippen molar-refractivity contribution in [3.63, 3.8) is 0 Å². The fourth-order valence-corrected chi connectivity index (χ4v) is 6.26. The van der Waals surface area contributed by atoms with Gasteiger partial charge in [-0.15, -0.1) is 0 Å². The summed E-state index contributed by atoms with van der Waals surface area (Å²) in [5, 5.41) is 10.5. The Morgan fingerprint density at radius 3 is 2.02 bits per heavy atom. The van der Waals surface area contributed by atoms with Gasteiger partial charge in [0, 0.05) is 40.0 Å². The van der Waals surface area contributed by atoms with E-state index in [1.54, 1.807) is 0 Å². The van der Waals surface area contributed by atoms with Crippen LogP contribution >= 0.6 is 11.6 Å². The van der Waals surface area contributed by atoms with E-state index in [-0.39, 0.29) is 31.2 Å².